The van der Waals surface area contributed by atoms with Crippen molar-refractivity contribution in [1.29, 1.82) is 5.26 Å². The SMILES string of the molecule is N#CN=c1ccccn1C1=CC(CF)(CF)Oc2ccc([N+](=O)[O-])cc21. The third kappa shape index (κ3) is 2.93. The molecule has 0 atom stereocenters. The number of aromatic nitrogens is 1. The zero-order chi connectivity index (χ0) is 18.7. The van der Waals surface area contributed by atoms with Gasteiger partial charge in [0, 0.05) is 23.9 Å². The third-order valence-corrected chi connectivity index (χ3v) is 3.88. The molecule has 7 nitrogen and oxygen atoms in total. The maximum Gasteiger partial charge on any atom is 0.270 e. The zero-order valence-electron chi connectivity index (χ0n) is 13.3. The highest BCUT2D eigenvalue weighted by molar-refractivity contribution is 5.75. The summed E-state index contributed by atoms with van der Waals surface area (Å²) in [6.45, 7) is -2.27. The molecule has 0 bridgehead atoms. The molecule has 1 aliphatic rings. The van der Waals surface area contributed by atoms with E-state index in [-0.39, 0.29) is 28.2 Å². The highest BCUT2D eigenvalue weighted by Crippen LogP contribution is 2.39. The molecule has 2 heterocycles. The standard InChI is InChI=1S/C17H12F2N4O3/c18-9-17(10-19)8-14(22-6-2-1-3-16(22)21-11-20)13-7-12(23(24)25)4-5-15(13)26-17/h1-8H,9-10H2. The summed E-state index contributed by atoms with van der Waals surface area (Å²) in [7, 11) is 0. The van der Waals surface area contributed by atoms with Crippen molar-refractivity contribution in [3.05, 3.63) is 69.8 Å². The molecule has 0 saturated carbocycles. The predicted octanol–water partition coefficient (Wildman–Crippen LogP) is 2.74. The van der Waals surface area contributed by atoms with Gasteiger partial charge in [0.05, 0.1) is 10.6 Å². The fraction of sp³-hybridized carbons (Fsp3) is 0.176. The molecule has 9 heteroatoms. The van der Waals surface area contributed by atoms with Crippen molar-refractivity contribution in [2.24, 2.45) is 4.99 Å². The van der Waals surface area contributed by atoms with Crippen molar-refractivity contribution < 1.29 is 18.4 Å². The molecule has 0 unspecified atom stereocenters. The number of nitro benzene ring substituents is 1. The van der Waals surface area contributed by atoms with Crippen LogP contribution in [0.3, 0.4) is 0 Å². The van der Waals surface area contributed by atoms with E-state index in [4.69, 9.17) is 10.00 Å². The maximum absolute atomic E-state index is 13.6. The lowest BCUT2D eigenvalue weighted by Crippen LogP contribution is -2.42. The van der Waals surface area contributed by atoms with E-state index in [0.29, 0.717) is 0 Å². The van der Waals surface area contributed by atoms with Crippen LogP contribution in [-0.2, 0) is 0 Å². The Bertz CT molecular complexity index is 1000. The molecule has 0 spiro atoms. The third-order valence-electron chi connectivity index (χ3n) is 3.88. The first-order valence-corrected chi connectivity index (χ1v) is 7.47. The van der Waals surface area contributed by atoms with Gasteiger partial charge < -0.3 is 9.30 Å². The van der Waals surface area contributed by atoms with Gasteiger partial charge in [-0.25, -0.2) is 8.78 Å². The van der Waals surface area contributed by atoms with Crippen LogP contribution in [0.25, 0.3) is 5.70 Å². The first-order valence-electron chi connectivity index (χ1n) is 7.47. The van der Waals surface area contributed by atoms with Crippen molar-refractivity contribution in [1.82, 2.24) is 4.57 Å². The first-order chi connectivity index (χ1) is 12.5. The van der Waals surface area contributed by atoms with Gasteiger partial charge in [-0.1, -0.05) is 6.07 Å². The van der Waals surface area contributed by atoms with Crippen LogP contribution >= 0.6 is 0 Å². The lowest BCUT2D eigenvalue weighted by molar-refractivity contribution is -0.384. The Labute approximate surface area is 146 Å². The number of hydrogen-bond acceptors (Lipinski definition) is 5. The van der Waals surface area contributed by atoms with Crippen LogP contribution in [0.15, 0.2) is 53.7 Å². The second-order valence-corrected chi connectivity index (χ2v) is 5.54. The average Bonchev–Trinajstić information content (AvgIpc) is 2.67. The van der Waals surface area contributed by atoms with Crippen molar-refractivity contribution in [2.75, 3.05) is 13.3 Å². The van der Waals surface area contributed by atoms with Crippen LogP contribution in [0.5, 0.6) is 5.75 Å². The number of rotatable bonds is 4. The van der Waals surface area contributed by atoms with E-state index < -0.39 is 23.9 Å². The topological polar surface area (TPSA) is 93.5 Å². The maximum atomic E-state index is 13.6. The number of nitro groups is 1. The van der Waals surface area contributed by atoms with Gasteiger partial charge in [-0.3, -0.25) is 10.1 Å². The average molecular weight is 358 g/mol. The van der Waals surface area contributed by atoms with E-state index in [1.165, 1.54) is 41.1 Å². The van der Waals surface area contributed by atoms with Crippen molar-refractivity contribution in [3.8, 4) is 11.9 Å². The molecule has 0 radical (unpaired) electrons. The normalized spacial score (nSPS) is 15.4. The minimum atomic E-state index is -1.86. The molecule has 132 valence electrons. The fourth-order valence-electron chi connectivity index (χ4n) is 2.64. The molecule has 0 N–H and O–H groups in total. The Kier molecular flexibility index (Phi) is 4.49. The number of halogens is 2. The number of nitriles is 1. The number of ether oxygens (including phenoxy) is 1. The minimum Gasteiger partial charge on any atom is -0.477 e. The van der Waals surface area contributed by atoms with Gasteiger partial charge in [-0.15, -0.1) is 0 Å². The Morgan fingerprint density at radius 2 is 2.08 bits per heavy atom. The molecule has 1 aromatic heterocycles. The largest absolute Gasteiger partial charge is 0.477 e. The Balaban J connectivity index is 2.33. The van der Waals surface area contributed by atoms with E-state index in [1.54, 1.807) is 18.3 Å². The number of fused-ring (bicyclic) bond motifs is 1. The van der Waals surface area contributed by atoms with E-state index >= 15 is 0 Å². The smallest absolute Gasteiger partial charge is 0.270 e. The molecular weight excluding hydrogens is 346 g/mol. The van der Waals surface area contributed by atoms with Crippen LogP contribution in [0.2, 0.25) is 0 Å². The number of alkyl halides is 2. The van der Waals surface area contributed by atoms with Gasteiger partial charge in [0.1, 0.15) is 24.6 Å². The highest BCUT2D eigenvalue weighted by Gasteiger charge is 2.37. The summed E-state index contributed by atoms with van der Waals surface area (Å²) in [4.78, 5) is 14.2. The number of benzene rings is 1. The van der Waals surface area contributed by atoms with Crippen LogP contribution in [-0.4, -0.2) is 28.4 Å². The van der Waals surface area contributed by atoms with Crippen molar-refractivity contribution in [2.45, 2.75) is 5.60 Å². The first kappa shape index (κ1) is 17.3. The summed E-state index contributed by atoms with van der Waals surface area (Å²) in [5.41, 5.74) is -1.36. The highest BCUT2D eigenvalue weighted by atomic mass is 19.1. The quantitative estimate of drug-likeness (QED) is 0.477. The monoisotopic (exact) mass is 358 g/mol. The predicted molar refractivity (Wildman–Crippen MR) is 87.4 cm³/mol. The molecule has 0 aliphatic carbocycles. The van der Waals surface area contributed by atoms with Crippen molar-refractivity contribution >= 4 is 11.4 Å². The van der Waals surface area contributed by atoms with Gasteiger partial charge >= 0.3 is 0 Å². The second kappa shape index (κ2) is 6.76. The number of non-ortho nitro benzene ring substituents is 1. The lowest BCUT2D eigenvalue weighted by Gasteiger charge is -2.33. The zero-order valence-corrected chi connectivity index (χ0v) is 13.3. The Morgan fingerprint density at radius 3 is 2.73 bits per heavy atom. The van der Waals surface area contributed by atoms with E-state index in [9.17, 15) is 18.9 Å². The summed E-state index contributed by atoms with van der Waals surface area (Å²) in [5, 5.41) is 20.0. The summed E-state index contributed by atoms with van der Waals surface area (Å²) in [6, 6.07) is 8.54. The molecule has 0 saturated heterocycles. The summed E-state index contributed by atoms with van der Waals surface area (Å²) >= 11 is 0. The van der Waals surface area contributed by atoms with Crippen LogP contribution < -0.4 is 10.2 Å². The molecule has 1 aromatic carbocycles. The van der Waals surface area contributed by atoms with E-state index in [2.05, 4.69) is 4.99 Å². The molecular formula is C17H12F2N4O3. The molecule has 1 aliphatic heterocycles. The van der Waals surface area contributed by atoms with Gasteiger partial charge in [0.25, 0.3) is 5.69 Å². The van der Waals surface area contributed by atoms with Gasteiger partial charge in [0.15, 0.2) is 5.60 Å². The Hall–Kier alpha value is -3.54. The van der Waals surface area contributed by atoms with Crippen LogP contribution in [0.1, 0.15) is 5.56 Å². The van der Waals surface area contributed by atoms with Gasteiger partial charge in [-0.2, -0.15) is 10.3 Å². The van der Waals surface area contributed by atoms with Gasteiger partial charge in [-0.05, 0) is 24.3 Å². The molecule has 3 rings (SSSR count). The van der Waals surface area contributed by atoms with E-state index in [1.807, 2.05) is 0 Å². The number of nitrogens with zero attached hydrogens (tertiary/aromatic N) is 4. The van der Waals surface area contributed by atoms with Crippen LogP contribution in [0, 0.1) is 21.6 Å². The fourth-order valence-corrected chi connectivity index (χ4v) is 2.64. The summed E-state index contributed by atoms with van der Waals surface area (Å²) in [5.74, 6) is 0.0997. The molecule has 0 amide bonds. The second-order valence-electron chi connectivity index (χ2n) is 5.54. The number of pyridine rings is 1. The molecule has 2 aromatic rings. The summed E-state index contributed by atoms with van der Waals surface area (Å²) in [6.07, 6.45) is 4.41. The van der Waals surface area contributed by atoms with Gasteiger partial charge in [0.2, 0.25) is 6.19 Å². The Morgan fingerprint density at radius 1 is 1.31 bits per heavy atom. The lowest BCUT2D eigenvalue weighted by atomic mass is 9.97. The summed E-state index contributed by atoms with van der Waals surface area (Å²) < 4.78 is 34.0. The van der Waals surface area contributed by atoms with Crippen molar-refractivity contribution in [3.63, 3.8) is 0 Å². The van der Waals surface area contributed by atoms with Crippen LogP contribution in [0.4, 0.5) is 14.5 Å². The molecule has 0 fully saturated rings. The van der Waals surface area contributed by atoms with E-state index in [0.717, 1.165) is 0 Å². The number of hydrogen-bond donors (Lipinski definition) is 0. The molecule has 26 heavy (non-hydrogen) atoms. The minimum absolute atomic E-state index is 0.0997.